The molecule has 2 aromatic carbocycles. The molecule has 0 fully saturated rings. The van der Waals surface area contributed by atoms with E-state index in [1.54, 1.807) is 6.07 Å². The number of rotatable bonds is 4. The Hall–Kier alpha value is -3.04. The first-order chi connectivity index (χ1) is 13.0. The second-order valence-electron chi connectivity index (χ2n) is 6.22. The first-order valence-corrected chi connectivity index (χ1v) is 7.89. The number of fused-ring (bicyclic) bond motifs is 1. The maximum atomic E-state index is 14.3. The molecule has 3 aromatic rings. The summed E-state index contributed by atoms with van der Waals surface area (Å²) >= 11 is 0. The van der Waals surface area contributed by atoms with Gasteiger partial charge in [0.2, 0.25) is 6.54 Å². The molecule has 0 amide bonds. The van der Waals surface area contributed by atoms with Gasteiger partial charge in [-0.15, -0.1) is 0 Å². The number of hydrogen-bond donors (Lipinski definition) is 1. The van der Waals surface area contributed by atoms with Crippen LogP contribution in [0.4, 0.5) is 26.3 Å². The van der Waals surface area contributed by atoms with Gasteiger partial charge in [-0.05, 0) is 23.8 Å². The molecule has 28 heavy (non-hydrogen) atoms. The molecule has 0 radical (unpaired) electrons. The Balaban J connectivity index is 2.32. The molecule has 3 rings (SSSR count). The molecular weight excluding hydrogens is 390 g/mol. The largest absolute Gasteiger partial charge is 0.416 e. The highest BCUT2D eigenvalue weighted by Gasteiger charge is 2.61. The Morgan fingerprint density at radius 3 is 2.00 bits per heavy atom. The maximum Gasteiger partial charge on any atom is 0.416 e. The number of alkyl halides is 6. The summed E-state index contributed by atoms with van der Waals surface area (Å²) in [5.74, 6) is 0. The van der Waals surface area contributed by atoms with Gasteiger partial charge in [0.15, 0.2) is 5.41 Å². The second-order valence-corrected chi connectivity index (χ2v) is 6.22. The van der Waals surface area contributed by atoms with Crippen LogP contribution in [0.25, 0.3) is 10.9 Å². The number of nitrogens with zero attached hydrogens (tertiary/aromatic N) is 1. The van der Waals surface area contributed by atoms with E-state index in [0.29, 0.717) is 29.8 Å². The lowest BCUT2D eigenvalue weighted by Gasteiger charge is -2.33. The second kappa shape index (κ2) is 6.54. The van der Waals surface area contributed by atoms with E-state index in [0.717, 1.165) is 6.20 Å². The van der Waals surface area contributed by atoms with Crippen LogP contribution < -0.4 is 0 Å². The molecule has 0 aliphatic rings. The Morgan fingerprint density at radius 2 is 1.46 bits per heavy atom. The lowest BCUT2D eigenvalue weighted by atomic mass is 9.73. The predicted molar refractivity (Wildman–Crippen MR) is 88.4 cm³/mol. The molecule has 0 saturated carbocycles. The minimum absolute atomic E-state index is 0.0987. The molecule has 0 aliphatic heterocycles. The maximum absolute atomic E-state index is 14.3. The first-order valence-electron chi connectivity index (χ1n) is 7.89. The van der Waals surface area contributed by atoms with E-state index >= 15 is 0 Å². The Labute approximate surface area is 153 Å². The zero-order valence-electron chi connectivity index (χ0n) is 13.9. The highest BCUT2D eigenvalue weighted by Crippen LogP contribution is 2.49. The summed E-state index contributed by atoms with van der Waals surface area (Å²) < 4.78 is 81.3. The number of benzene rings is 2. The average molecular weight is 402 g/mol. The van der Waals surface area contributed by atoms with Crippen molar-refractivity contribution in [1.29, 1.82) is 0 Å². The number of hydrogen-bond acceptors (Lipinski definition) is 2. The molecule has 10 heteroatoms. The van der Waals surface area contributed by atoms with Gasteiger partial charge in [0.25, 0.3) is 0 Å². The van der Waals surface area contributed by atoms with Gasteiger partial charge >= 0.3 is 12.4 Å². The molecule has 0 unspecified atom stereocenters. The number of aromatic nitrogens is 1. The monoisotopic (exact) mass is 402 g/mol. The summed E-state index contributed by atoms with van der Waals surface area (Å²) in [6.45, 7) is -1.57. The van der Waals surface area contributed by atoms with Crippen LogP contribution in [0.2, 0.25) is 0 Å². The van der Waals surface area contributed by atoms with Gasteiger partial charge in [-0.25, -0.2) is 0 Å². The van der Waals surface area contributed by atoms with Crippen molar-refractivity contribution in [3.8, 4) is 0 Å². The molecule has 0 aliphatic carbocycles. The van der Waals surface area contributed by atoms with Crippen molar-refractivity contribution in [2.24, 2.45) is 0 Å². The Morgan fingerprint density at radius 1 is 0.893 bits per heavy atom. The van der Waals surface area contributed by atoms with Crippen LogP contribution in [0.5, 0.6) is 0 Å². The van der Waals surface area contributed by atoms with Crippen molar-refractivity contribution >= 4 is 10.9 Å². The fraction of sp³-hybridized carbons (Fsp3) is 0.222. The van der Waals surface area contributed by atoms with Crippen molar-refractivity contribution in [2.45, 2.75) is 17.8 Å². The van der Waals surface area contributed by atoms with E-state index in [4.69, 9.17) is 0 Å². The normalized spacial score (nSPS) is 14.8. The van der Waals surface area contributed by atoms with E-state index in [2.05, 4.69) is 4.98 Å². The van der Waals surface area contributed by atoms with Gasteiger partial charge in [0.05, 0.1) is 5.56 Å². The number of para-hydroxylation sites is 1. The third kappa shape index (κ3) is 3.19. The van der Waals surface area contributed by atoms with Crippen LogP contribution in [0.1, 0.15) is 16.7 Å². The van der Waals surface area contributed by atoms with Crippen molar-refractivity contribution in [3.05, 3.63) is 81.5 Å². The SMILES string of the molecule is O=[N+]([O-])C[C@](c1ccc(C(F)(F)F)cc1)(c1c[nH]c2ccccc12)C(F)(F)F. The summed E-state index contributed by atoms with van der Waals surface area (Å²) in [4.78, 5) is 12.7. The highest BCUT2D eigenvalue weighted by atomic mass is 19.4. The quantitative estimate of drug-likeness (QED) is 0.365. The van der Waals surface area contributed by atoms with Gasteiger partial charge < -0.3 is 4.98 Å². The van der Waals surface area contributed by atoms with Crippen LogP contribution >= 0.6 is 0 Å². The Kier molecular flexibility index (Phi) is 4.60. The Bertz CT molecular complexity index is 1010. The van der Waals surface area contributed by atoms with Crippen LogP contribution in [0.15, 0.2) is 54.7 Å². The van der Waals surface area contributed by atoms with Gasteiger partial charge in [-0.3, -0.25) is 10.1 Å². The van der Waals surface area contributed by atoms with Crippen molar-refractivity contribution in [1.82, 2.24) is 4.98 Å². The molecule has 1 atom stereocenters. The summed E-state index contributed by atoms with van der Waals surface area (Å²) in [6, 6.07) is 8.17. The van der Waals surface area contributed by atoms with Crippen LogP contribution in [0, 0.1) is 10.1 Å². The molecule has 148 valence electrons. The summed E-state index contributed by atoms with van der Waals surface area (Å²) in [7, 11) is 0. The van der Waals surface area contributed by atoms with E-state index < -0.39 is 45.9 Å². The summed E-state index contributed by atoms with van der Waals surface area (Å²) in [5, 5.41) is 11.3. The van der Waals surface area contributed by atoms with Gasteiger partial charge in [-0.1, -0.05) is 30.3 Å². The fourth-order valence-electron chi connectivity index (χ4n) is 3.30. The van der Waals surface area contributed by atoms with E-state index in [1.807, 2.05) is 0 Å². The average Bonchev–Trinajstić information content (AvgIpc) is 3.02. The molecule has 4 nitrogen and oxygen atoms in total. The van der Waals surface area contributed by atoms with Gasteiger partial charge in [-0.2, -0.15) is 26.3 Å². The van der Waals surface area contributed by atoms with Crippen LogP contribution in [-0.4, -0.2) is 22.6 Å². The number of nitrogens with one attached hydrogen (secondary N) is 1. The highest BCUT2D eigenvalue weighted by molar-refractivity contribution is 5.85. The molecule has 1 N–H and O–H groups in total. The first kappa shape index (κ1) is 19.7. The smallest absolute Gasteiger partial charge is 0.361 e. The molecule has 0 spiro atoms. The lowest BCUT2D eigenvalue weighted by molar-refractivity contribution is -0.498. The van der Waals surface area contributed by atoms with Gasteiger partial charge in [0.1, 0.15) is 0 Å². The zero-order chi connectivity index (χ0) is 20.7. The number of nitro groups is 1. The van der Waals surface area contributed by atoms with Crippen LogP contribution in [0.3, 0.4) is 0 Å². The molecule has 0 saturated heterocycles. The lowest BCUT2D eigenvalue weighted by Crippen LogP contribution is -2.48. The van der Waals surface area contributed by atoms with Crippen molar-refractivity contribution in [2.75, 3.05) is 6.54 Å². The fourth-order valence-corrected chi connectivity index (χ4v) is 3.30. The van der Waals surface area contributed by atoms with E-state index in [9.17, 15) is 36.5 Å². The predicted octanol–water partition coefficient (Wildman–Crippen LogP) is 5.31. The molecular formula is C18H12F6N2O2. The molecule has 1 aromatic heterocycles. The number of H-pyrrole nitrogens is 1. The molecule has 0 bridgehead atoms. The summed E-state index contributed by atoms with van der Waals surface area (Å²) in [6.07, 6.45) is -8.88. The topological polar surface area (TPSA) is 58.9 Å². The zero-order valence-corrected chi connectivity index (χ0v) is 13.9. The third-order valence-electron chi connectivity index (χ3n) is 4.60. The van der Waals surface area contributed by atoms with Crippen molar-refractivity contribution in [3.63, 3.8) is 0 Å². The number of halogens is 6. The molecule has 1 heterocycles. The van der Waals surface area contributed by atoms with Gasteiger partial charge in [0, 0.05) is 27.6 Å². The van der Waals surface area contributed by atoms with E-state index in [-0.39, 0.29) is 5.39 Å². The van der Waals surface area contributed by atoms with E-state index in [1.165, 1.54) is 18.2 Å². The third-order valence-corrected chi connectivity index (χ3v) is 4.60. The summed E-state index contributed by atoms with van der Waals surface area (Å²) in [5.41, 5.74) is -5.02. The minimum Gasteiger partial charge on any atom is -0.361 e. The standard InChI is InChI=1S/C18H12F6N2O2/c19-17(20,21)12-7-5-11(6-8-12)16(10-26(27)28,18(22,23)24)14-9-25-15-4-2-1-3-13(14)15/h1-9,25H,10H2/t16-/m0/s1. The van der Waals surface area contributed by atoms with Crippen LogP contribution in [-0.2, 0) is 11.6 Å². The van der Waals surface area contributed by atoms with Crippen molar-refractivity contribution < 1.29 is 31.3 Å². The number of aromatic amines is 1. The minimum atomic E-state index is -5.15.